The van der Waals surface area contributed by atoms with Crippen LogP contribution in [0.4, 0.5) is 0 Å². The summed E-state index contributed by atoms with van der Waals surface area (Å²) in [4.78, 5) is 41.0. The summed E-state index contributed by atoms with van der Waals surface area (Å²) < 4.78 is 10.5. The van der Waals surface area contributed by atoms with Crippen molar-refractivity contribution < 1.29 is 29.0 Å². The fourth-order valence-corrected chi connectivity index (χ4v) is 5.03. The van der Waals surface area contributed by atoms with Crippen molar-refractivity contribution in [2.24, 2.45) is 0 Å². The first-order valence-electron chi connectivity index (χ1n) is 13.8. The van der Waals surface area contributed by atoms with Gasteiger partial charge in [0.2, 0.25) is 11.8 Å². The molecule has 2 aromatic carbocycles. The molecule has 216 valence electrons. The fourth-order valence-electron chi connectivity index (χ4n) is 5.03. The number of aliphatic hydroxyl groups excluding tert-OH is 1. The molecule has 2 aromatic rings. The lowest BCUT2D eigenvalue weighted by atomic mass is 9.98. The molecule has 2 aliphatic heterocycles. The fraction of sp³-hybridized carbons (Fsp3) is 0.500. The minimum Gasteiger partial charge on any atom is -0.497 e. The van der Waals surface area contributed by atoms with E-state index in [2.05, 4.69) is 16.0 Å². The van der Waals surface area contributed by atoms with E-state index < -0.39 is 36.4 Å². The molecule has 2 fully saturated rings. The lowest BCUT2D eigenvalue weighted by Crippen LogP contribution is -2.59. The zero-order valence-electron chi connectivity index (χ0n) is 23.3. The van der Waals surface area contributed by atoms with E-state index in [-0.39, 0.29) is 24.2 Å². The number of hydrogen-bond donors (Lipinski definition) is 4. The van der Waals surface area contributed by atoms with E-state index in [0.29, 0.717) is 18.8 Å². The van der Waals surface area contributed by atoms with Gasteiger partial charge in [0.05, 0.1) is 31.8 Å². The van der Waals surface area contributed by atoms with E-state index in [1.165, 1.54) is 0 Å². The van der Waals surface area contributed by atoms with Crippen molar-refractivity contribution in [2.45, 2.75) is 69.1 Å². The van der Waals surface area contributed by atoms with Gasteiger partial charge in [-0.1, -0.05) is 42.5 Å². The maximum atomic E-state index is 13.2. The van der Waals surface area contributed by atoms with Crippen LogP contribution in [0.3, 0.4) is 0 Å². The Morgan fingerprint density at radius 1 is 1.05 bits per heavy atom. The number of likely N-dealkylation sites (tertiary alicyclic amines) is 1. The number of ketones is 1. The minimum absolute atomic E-state index is 0.140. The second-order valence-electron chi connectivity index (χ2n) is 10.6. The van der Waals surface area contributed by atoms with E-state index >= 15 is 0 Å². The molecular formula is C30H40N4O6. The largest absolute Gasteiger partial charge is 0.497 e. The van der Waals surface area contributed by atoms with Crippen molar-refractivity contribution in [2.75, 3.05) is 27.3 Å². The molecule has 40 heavy (non-hydrogen) atoms. The summed E-state index contributed by atoms with van der Waals surface area (Å²) in [6.45, 7) is 2.83. The van der Waals surface area contributed by atoms with Crippen LogP contribution in [0.5, 0.6) is 5.75 Å². The summed E-state index contributed by atoms with van der Waals surface area (Å²) in [6, 6.07) is 14.3. The minimum atomic E-state index is -1.26. The van der Waals surface area contributed by atoms with E-state index in [1.54, 1.807) is 26.2 Å². The highest BCUT2D eigenvalue weighted by molar-refractivity contribution is 5.91. The van der Waals surface area contributed by atoms with Crippen LogP contribution >= 0.6 is 0 Å². The summed E-state index contributed by atoms with van der Waals surface area (Å²) in [5, 5.41) is 20.1. The maximum absolute atomic E-state index is 13.2. The number of ether oxygens (including phenoxy) is 2. The molecule has 10 heteroatoms. The predicted octanol–water partition coefficient (Wildman–Crippen LogP) is 0.809. The summed E-state index contributed by atoms with van der Waals surface area (Å²) in [7, 11) is 3.48. The van der Waals surface area contributed by atoms with E-state index in [4.69, 9.17) is 9.47 Å². The third-order valence-electron chi connectivity index (χ3n) is 7.55. The molecule has 0 aromatic heterocycles. The molecule has 0 radical (unpaired) electrons. The molecular weight excluding hydrogens is 512 g/mol. The summed E-state index contributed by atoms with van der Waals surface area (Å²) in [6.07, 6.45) is 0.578. The Morgan fingerprint density at radius 3 is 2.33 bits per heavy atom. The number of nitrogens with zero attached hydrogens (tertiary/aromatic N) is 1. The molecule has 6 atom stereocenters. The van der Waals surface area contributed by atoms with Crippen molar-refractivity contribution in [3.8, 4) is 5.75 Å². The Balaban J connectivity index is 1.47. The van der Waals surface area contributed by atoms with Crippen LogP contribution in [0.1, 0.15) is 30.9 Å². The Hall–Kier alpha value is -3.31. The zero-order valence-corrected chi connectivity index (χ0v) is 23.3. The van der Waals surface area contributed by atoms with Gasteiger partial charge in [-0.05, 0) is 69.5 Å². The number of benzene rings is 2. The number of likely N-dealkylation sites (N-methyl/N-ethyl adjacent to an activating group) is 1. The summed E-state index contributed by atoms with van der Waals surface area (Å²) in [5.41, 5.74) is 1.79. The molecule has 2 aliphatic rings. The lowest BCUT2D eigenvalue weighted by Gasteiger charge is -2.30. The molecule has 0 bridgehead atoms. The van der Waals surface area contributed by atoms with Gasteiger partial charge in [-0.2, -0.15) is 0 Å². The molecule has 0 aliphatic carbocycles. The molecule has 2 heterocycles. The van der Waals surface area contributed by atoms with Gasteiger partial charge in [0, 0.05) is 0 Å². The van der Waals surface area contributed by atoms with Crippen molar-refractivity contribution >= 4 is 17.6 Å². The molecule has 0 spiro atoms. The van der Waals surface area contributed by atoms with Crippen molar-refractivity contribution in [1.29, 1.82) is 0 Å². The third kappa shape index (κ3) is 8.11. The normalized spacial score (nSPS) is 21.6. The molecule has 4 N–H and O–H groups in total. The molecule has 1 unspecified atom stereocenters. The first-order chi connectivity index (χ1) is 19.2. The van der Waals surface area contributed by atoms with Crippen LogP contribution in [-0.2, 0) is 32.0 Å². The Labute approximate surface area is 235 Å². The average Bonchev–Trinajstić information content (AvgIpc) is 3.72. The first kappa shape index (κ1) is 29.7. The highest BCUT2D eigenvalue weighted by Crippen LogP contribution is 2.18. The van der Waals surface area contributed by atoms with Gasteiger partial charge in [0.1, 0.15) is 24.1 Å². The number of rotatable bonds is 14. The van der Waals surface area contributed by atoms with Gasteiger partial charge in [-0.15, -0.1) is 0 Å². The molecule has 0 saturated carbocycles. The molecule has 2 amide bonds. The smallest absolute Gasteiger partial charge is 0.242 e. The quantitative estimate of drug-likeness (QED) is 0.200. The standard InChI is InChI=1S/C30H40N4O6/c1-19(31-30(38)25-10-7-15-34(25)2)28(36)33-24(17-21-11-13-22(39-3)14-12-21)29(37)32-23(27(35)26-18-40-26)16-20-8-5-4-6-9-20/h4-6,8-9,11-14,19,23-26,29,32,37H,7,10,15-18H2,1-3H3,(H,31,38)(H,33,36)/t19-,23-,24-,25-,26+,29?/m0/s1. The number of carbonyl (C=O) groups excluding carboxylic acids is 3. The number of Topliss-reactive ketones (excluding diaryl/α,β-unsaturated/α-hetero) is 1. The van der Waals surface area contributed by atoms with Gasteiger partial charge in [0.15, 0.2) is 5.78 Å². The van der Waals surface area contributed by atoms with E-state index in [9.17, 15) is 19.5 Å². The van der Waals surface area contributed by atoms with Crippen LogP contribution in [-0.4, -0.2) is 91.4 Å². The molecule has 4 rings (SSSR count). The van der Waals surface area contributed by atoms with Gasteiger partial charge in [-0.3, -0.25) is 24.6 Å². The Kier molecular flexibility index (Phi) is 10.3. The van der Waals surface area contributed by atoms with Crippen molar-refractivity contribution in [3.05, 3.63) is 65.7 Å². The summed E-state index contributed by atoms with van der Waals surface area (Å²) >= 11 is 0. The van der Waals surface area contributed by atoms with Crippen LogP contribution in [0.2, 0.25) is 0 Å². The van der Waals surface area contributed by atoms with Gasteiger partial charge in [0.25, 0.3) is 0 Å². The summed E-state index contributed by atoms with van der Waals surface area (Å²) in [5.74, 6) is -0.0660. The zero-order chi connectivity index (χ0) is 28.6. The van der Waals surface area contributed by atoms with Crippen LogP contribution in [0, 0.1) is 0 Å². The number of hydrogen-bond acceptors (Lipinski definition) is 8. The number of amides is 2. The first-order valence-corrected chi connectivity index (χ1v) is 13.8. The molecule has 10 nitrogen and oxygen atoms in total. The van der Waals surface area contributed by atoms with E-state index in [0.717, 1.165) is 30.5 Å². The second kappa shape index (κ2) is 13.8. The number of methoxy groups -OCH3 is 1. The maximum Gasteiger partial charge on any atom is 0.242 e. The number of aliphatic hydroxyl groups is 1. The SMILES string of the molecule is COc1ccc(C[C@H](NC(=O)[C@H](C)NC(=O)[C@@H]2CCCN2C)C(O)N[C@@H](Cc2ccccc2)C(=O)[C@H]2CO2)cc1. The Morgan fingerprint density at radius 2 is 1.73 bits per heavy atom. The second-order valence-corrected chi connectivity index (χ2v) is 10.6. The van der Waals surface area contributed by atoms with Gasteiger partial charge >= 0.3 is 0 Å². The lowest BCUT2D eigenvalue weighted by molar-refractivity contribution is -0.131. The van der Waals surface area contributed by atoms with Crippen molar-refractivity contribution in [1.82, 2.24) is 20.9 Å². The highest BCUT2D eigenvalue weighted by atomic mass is 16.6. The number of epoxide rings is 1. The van der Waals surface area contributed by atoms with Gasteiger partial charge in [-0.25, -0.2) is 0 Å². The third-order valence-corrected chi connectivity index (χ3v) is 7.55. The van der Waals surface area contributed by atoms with Gasteiger partial charge < -0.3 is 25.2 Å². The molecule has 2 saturated heterocycles. The highest BCUT2D eigenvalue weighted by Gasteiger charge is 2.38. The van der Waals surface area contributed by atoms with E-state index in [1.807, 2.05) is 54.4 Å². The predicted molar refractivity (Wildman–Crippen MR) is 150 cm³/mol. The van der Waals surface area contributed by atoms with Crippen molar-refractivity contribution in [3.63, 3.8) is 0 Å². The number of nitrogens with one attached hydrogen (secondary N) is 3. The Bertz CT molecular complexity index is 1140. The monoisotopic (exact) mass is 552 g/mol. The average molecular weight is 553 g/mol. The van der Waals surface area contributed by atoms with Crippen LogP contribution in [0.25, 0.3) is 0 Å². The number of carbonyl (C=O) groups is 3. The topological polar surface area (TPSA) is 133 Å². The van der Waals surface area contributed by atoms with Crippen LogP contribution in [0.15, 0.2) is 54.6 Å². The van der Waals surface area contributed by atoms with Crippen LogP contribution < -0.4 is 20.7 Å².